The zero-order valence-corrected chi connectivity index (χ0v) is 23.8. The summed E-state index contributed by atoms with van der Waals surface area (Å²) in [5.74, 6) is 2.48. The maximum absolute atomic E-state index is 13.9. The van der Waals surface area contributed by atoms with E-state index in [1.54, 1.807) is 14.2 Å². The normalized spacial score (nSPS) is 20.1. The summed E-state index contributed by atoms with van der Waals surface area (Å²) < 4.78 is 11.3. The van der Waals surface area contributed by atoms with E-state index in [0.29, 0.717) is 19.6 Å². The summed E-state index contributed by atoms with van der Waals surface area (Å²) >= 11 is 0. The Hall–Kier alpha value is -3.91. The molecule has 2 amide bonds. The molecule has 2 aromatic carbocycles. The number of benzene rings is 2. The molecule has 0 N–H and O–H groups in total. The van der Waals surface area contributed by atoms with E-state index in [0.717, 1.165) is 71.3 Å². The quantitative estimate of drug-likeness (QED) is 0.415. The number of ether oxygens (including phenoxy) is 2. The van der Waals surface area contributed by atoms with Crippen LogP contribution < -0.4 is 9.47 Å². The first-order chi connectivity index (χ1) is 19.5. The molecule has 3 aromatic rings. The molecule has 8 heteroatoms. The minimum Gasteiger partial charge on any atom is -0.497 e. The Bertz CT molecular complexity index is 1430. The third-order valence-corrected chi connectivity index (χ3v) is 8.73. The van der Waals surface area contributed by atoms with Crippen LogP contribution in [0.2, 0.25) is 0 Å². The van der Waals surface area contributed by atoms with Crippen LogP contribution in [0.5, 0.6) is 11.5 Å². The lowest BCUT2D eigenvalue weighted by atomic mass is 9.82. The van der Waals surface area contributed by atoms with Gasteiger partial charge in [-0.1, -0.05) is 43.3 Å². The predicted octanol–water partition coefficient (Wildman–Crippen LogP) is 5.45. The van der Waals surface area contributed by atoms with E-state index >= 15 is 0 Å². The number of fused-ring (bicyclic) bond motifs is 3. The molecule has 8 nitrogen and oxygen atoms in total. The predicted molar refractivity (Wildman–Crippen MR) is 154 cm³/mol. The Morgan fingerprint density at radius 2 is 1.82 bits per heavy atom. The highest BCUT2D eigenvalue weighted by Crippen LogP contribution is 2.49. The molecule has 0 unspecified atom stereocenters. The van der Waals surface area contributed by atoms with E-state index in [4.69, 9.17) is 14.5 Å². The molecule has 2 saturated heterocycles. The topological polar surface area (TPSA) is 71.0 Å². The van der Waals surface area contributed by atoms with Crippen molar-refractivity contribution in [2.45, 2.75) is 51.2 Å². The number of likely N-dealkylation sites (N-methyl/N-ethyl adjacent to an activating group) is 1. The fourth-order valence-corrected chi connectivity index (χ4v) is 6.79. The van der Waals surface area contributed by atoms with Crippen molar-refractivity contribution in [3.8, 4) is 22.8 Å². The van der Waals surface area contributed by atoms with Crippen LogP contribution in [0.25, 0.3) is 11.3 Å². The second-order valence-corrected chi connectivity index (χ2v) is 10.9. The van der Waals surface area contributed by atoms with Crippen LogP contribution in [0.3, 0.4) is 0 Å². The number of likely N-dealkylation sites (tertiary alicyclic amines) is 1. The second-order valence-electron chi connectivity index (χ2n) is 10.9. The molecule has 6 rings (SSSR count). The van der Waals surface area contributed by atoms with E-state index in [-0.39, 0.29) is 17.5 Å². The van der Waals surface area contributed by atoms with Gasteiger partial charge >= 0.3 is 6.03 Å². The number of piperidine rings is 1. The van der Waals surface area contributed by atoms with Crippen molar-refractivity contribution in [1.29, 1.82) is 0 Å². The van der Waals surface area contributed by atoms with Crippen LogP contribution in [0, 0.1) is 0 Å². The van der Waals surface area contributed by atoms with Crippen LogP contribution in [0.1, 0.15) is 49.6 Å². The number of amides is 2. The number of rotatable bonds is 6. The van der Waals surface area contributed by atoms with Crippen LogP contribution in [0.4, 0.5) is 4.79 Å². The summed E-state index contributed by atoms with van der Waals surface area (Å²) in [5.41, 5.74) is 5.05. The van der Waals surface area contributed by atoms with Crippen LogP contribution in [0.15, 0.2) is 66.5 Å². The van der Waals surface area contributed by atoms with Crippen molar-refractivity contribution in [3.05, 3.63) is 83.5 Å². The average Bonchev–Trinajstić information content (AvgIpc) is 3.08. The highest BCUT2D eigenvalue weighted by molar-refractivity contribution is 5.83. The Balaban J connectivity index is 1.26. The van der Waals surface area contributed by atoms with Crippen molar-refractivity contribution in [2.24, 2.45) is 0 Å². The zero-order valence-electron chi connectivity index (χ0n) is 23.8. The fraction of sp³-hybridized carbons (Fsp3) is 0.406. The Morgan fingerprint density at radius 3 is 2.52 bits per heavy atom. The minimum atomic E-state index is -0.317. The van der Waals surface area contributed by atoms with Crippen LogP contribution in [-0.4, -0.2) is 70.1 Å². The van der Waals surface area contributed by atoms with E-state index < -0.39 is 0 Å². The Labute approximate surface area is 236 Å². The van der Waals surface area contributed by atoms with Crippen molar-refractivity contribution < 1.29 is 14.3 Å². The van der Waals surface area contributed by atoms with Gasteiger partial charge < -0.3 is 14.4 Å². The molecule has 208 valence electrons. The number of aromatic nitrogens is 2. The van der Waals surface area contributed by atoms with Gasteiger partial charge in [-0.15, -0.1) is 0 Å². The molecule has 4 heterocycles. The van der Waals surface area contributed by atoms with Gasteiger partial charge in [0, 0.05) is 54.6 Å². The summed E-state index contributed by atoms with van der Waals surface area (Å²) in [5, 5.41) is 0. The van der Waals surface area contributed by atoms with Gasteiger partial charge in [0.05, 0.1) is 38.5 Å². The van der Waals surface area contributed by atoms with Gasteiger partial charge in [-0.25, -0.2) is 14.8 Å². The number of nitrogens with zero attached hydrogens (tertiary/aromatic N) is 5. The number of hydrogen-bond donors (Lipinski definition) is 0. The van der Waals surface area contributed by atoms with Crippen LogP contribution in [-0.2, 0) is 13.1 Å². The standard InChI is InChI=1S/C32H37N5O3/c1-5-37-31(38)36-20-24-18-25(39-3)19-27(40-4)30(24)22(2)17-28(36)32(37)12-15-35(16-13-32)21-29-33-14-11-26(34-29)23-9-7-6-8-10-23/h6-11,14,17-19,22H,5,12-13,15-16,20-21H2,1-4H3/t22-/m0/s1. The molecule has 40 heavy (non-hydrogen) atoms. The number of allylic oxidation sites excluding steroid dienone is 1. The monoisotopic (exact) mass is 539 g/mol. The van der Waals surface area contributed by atoms with Crippen molar-refractivity contribution in [2.75, 3.05) is 33.9 Å². The molecule has 2 fully saturated rings. The maximum Gasteiger partial charge on any atom is 0.325 e. The summed E-state index contributed by atoms with van der Waals surface area (Å²) in [6, 6.07) is 16.3. The van der Waals surface area contributed by atoms with Crippen molar-refractivity contribution in [3.63, 3.8) is 0 Å². The number of urea groups is 1. The molecule has 3 aliphatic heterocycles. The van der Waals surface area contributed by atoms with Crippen molar-refractivity contribution >= 4 is 6.03 Å². The minimum absolute atomic E-state index is 0.0860. The van der Waals surface area contributed by atoms with E-state index in [2.05, 4.69) is 46.8 Å². The van der Waals surface area contributed by atoms with Crippen molar-refractivity contribution in [1.82, 2.24) is 24.7 Å². The Kier molecular flexibility index (Phi) is 6.96. The Morgan fingerprint density at radius 1 is 1.05 bits per heavy atom. The summed E-state index contributed by atoms with van der Waals surface area (Å²) in [6.45, 7) is 7.91. The van der Waals surface area contributed by atoms with E-state index in [1.165, 1.54) is 0 Å². The van der Waals surface area contributed by atoms with Gasteiger partial charge in [0.25, 0.3) is 0 Å². The molecule has 0 bridgehead atoms. The summed E-state index contributed by atoms with van der Waals surface area (Å²) in [6.07, 6.45) is 5.89. The number of carbonyl (C=O) groups is 1. The van der Waals surface area contributed by atoms with Gasteiger partial charge in [0.1, 0.15) is 17.3 Å². The molecule has 1 spiro atoms. The molecule has 0 aliphatic carbocycles. The number of hydrogen-bond acceptors (Lipinski definition) is 6. The summed E-state index contributed by atoms with van der Waals surface area (Å²) in [4.78, 5) is 29.8. The number of methoxy groups -OCH3 is 2. The SMILES string of the molecule is CCN1C(=O)N2Cc3cc(OC)cc(OC)c3[C@@H](C)C=C2C12CCN(Cc1nccc(-c3ccccc3)n1)CC2. The molecular formula is C32H37N5O3. The first kappa shape index (κ1) is 26.3. The second kappa shape index (κ2) is 10.6. The van der Waals surface area contributed by atoms with E-state index in [1.807, 2.05) is 47.5 Å². The molecule has 1 atom stereocenters. The zero-order chi connectivity index (χ0) is 27.9. The third kappa shape index (κ3) is 4.40. The largest absolute Gasteiger partial charge is 0.497 e. The fourth-order valence-electron chi connectivity index (χ4n) is 6.79. The van der Waals surface area contributed by atoms with E-state index in [9.17, 15) is 4.79 Å². The van der Waals surface area contributed by atoms with Crippen LogP contribution >= 0.6 is 0 Å². The first-order valence-corrected chi connectivity index (χ1v) is 14.1. The average molecular weight is 540 g/mol. The van der Waals surface area contributed by atoms with Gasteiger partial charge in [-0.3, -0.25) is 9.80 Å². The molecule has 0 radical (unpaired) electrons. The molecular weight excluding hydrogens is 502 g/mol. The van der Waals surface area contributed by atoms with Gasteiger partial charge in [-0.2, -0.15) is 0 Å². The smallest absolute Gasteiger partial charge is 0.325 e. The maximum atomic E-state index is 13.9. The molecule has 1 aromatic heterocycles. The highest BCUT2D eigenvalue weighted by atomic mass is 16.5. The van der Waals surface area contributed by atoms with Gasteiger partial charge in [0.2, 0.25) is 0 Å². The summed E-state index contributed by atoms with van der Waals surface area (Å²) in [7, 11) is 3.36. The van der Waals surface area contributed by atoms with Gasteiger partial charge in [0.15, 0.2) is 0 Å². The highest BCUT2D eigenvalue weighted by Gasteiger charge is 2.54. The molecule has 0 saturated carbocycles. The lowest BCUT2D eigenvalue weighted by Gasteiger charge is -2.44. The number of carbonyl (C=O) groups excluding carboxylic acids is 1. The third-order valence-electron chi connectivity index (χ3n) is 8.73. The first-order valence-electron chi connectivity index (χ1n) is 14.1. The van der Waals surface area contributed by atoms with Gasteiger partial charge in [-0.05, 0) is 37.5 Å². The lowest BCUT2D eigenvalue weighted by molar-refractivity contribution is 0.0875. The molecule has 3 aliphatic rings. The lowest BCUT2D eigenvalue weighted by Crippen LogP contribution is -2.53.